The van der Waals surface area contributed by atoms with Gasteiger partial charge in [-0.1, -0.05) is 24.6 Å². The molecule has 0 aliphatic carbocycles. The van der Waals surface area contributed by atoms with E-state index < -0.39 is 0 Å². The second-order valence-electron chi connectivity index (χ2n) is 4.28. The van der Waals surface area contributed by atoms with Gasteiger partial charge in [-0.3, -0.25) is 4.79 Å². The summed E-state index contributed by atoms with van der Waals surface area (Å²) < 4.78 is 1.63. The van der Waals surface area contributed by atoms with Gasteiger partial charge in [-0.15, -0.1) is 0 Å². The van der Waals surface area contributed by atoms with Crippen molar-refractivity contribution in [2.45, 2.75) is 13.5 Å². The normalized spacial score (nSPS) is 10.6. The Morgan fingerprint density at radius 1 is 1.40 bits per heavy atom. The highest BCUT2D eigenvalue weighted by Gasteiger charge is 2.09. The average Bonchev–Trinajstić information content (AvgIpc) is 2.95. The van der Waals surface area contributed by atoms with Crippen molar-refractivity contribution in [3.63, 3.8) is 0 Å². The Labute approximate surface area is 122 Å². The molecule has 0 aliphatic heterocycles. The van der Waals surface area contributed by atoms with E-state index in [2.05, 4.69) is 15.7 Å². The van der Waals surface area contributed by atoms with Crippen molar-refractivity contribution < 1.29 is 4.79 Å². The number of benzene rings is 1. The molecule has 5 nitrogen and oxygen atoms in total. The molecule has 106 valence electrons. The van der Waals surface area contributed by atoms with Crippen LogP contribution >= 0.6 is 11.6 Å². The molecule has 0 saturated heterocycles. The van der Waals surface area contributed by atoms with Crippen LogP contribution in [0.25, 0.3) is 5.69 Å². The van der Waals surface area contributed by atoms with Crippen LogP contribution in [0.15, 0.2) is 30.5 Å². The summed E-state index contributed by atoms with van der Waals surface area (Å²) in [5.41, 5.74) is 2.24. The van der Waals surface area contributed by atoms with Gasteiger partial charge in [0.2, 0.25) is 0 Å². The van der Waals surface area contributed by atoms with E-state index in [-0.39, 0.29) is 5.91 Å². The van der Waals surface area contributed by atoms with Crippen LogP contribution in [-0.2, 0) is 6.54 Å². The summed E-state index contributed by atoms with van der Waals surface area (Å²) in [4.78, 5) is 11.5. The molecule has 0 fully saturated rings. The smallest absolute Gasteiger partial charge is 0.271 e. The highest BCUT2D eigenvalue weighted by Crippen LogP contribution is 2.20. The number of carbonyl (C=O) groups is 1. The Kier molecular flexibility index (Phi) is 4.76. The van der Waals surface area contributed by atoms with Crippen LogP contribution in [0.4, 0.5) is 0 Å². The number of carbonyl (C=O) groups excluding carboxylic acids is 1. The summed E-state index contributed by atoms with van der Waals surface area (Å²) in [7, 11) is 1.58. The lowest BCUT2D eigenvalue weighted by atomic mass is 10.2. The van der Waals surface area contributed by atoms with Gasteiger partial charge in [-0.25, -0.2) is 4.68 Å². The van der Waals surface area contributed by atoms with Gasteiger partial charge in [-0.05, 0) is 30.3 Å². The highest BCUT2D eigenvalue weighted by molar-refractivity contribution is 6.31. The fourth-order valence-electron chi connectivity index (χ4n) is 1.80. The zero-order chi connectivity index (χ0) is 14.5. The number of hydrogen-bond acceptors (Lipinski definition) is 3. The largest absolute Gasteiger partial charge is 0.354 e. The van der Waals surface area contributed by atoms with Crippen molar-refractivity contribution in [2.24, 2.45) is 0 Å². The standard InChI is InChI=1S/C14H17ClN4O/c1-3-17-9-10-4-5-11(8-12(10)15)19-7-6-13(18-19)14(20)16-2/h4-8,17H,3,9H2,1-2H3,(H,16,20). The van der Waals surface area contributed by atoms with Crippen molar-refractivity contribution in [3.05, 3.63) is 46.7 Å². The minimum Gasteiger partial charge on any atom is -0.354 e. The number of nitrogens with one attached hydrogen (secondary N) is 2. The van der Waals surface area contributed by atoms with Crippen molar-refractivity contribution >= 4 is 17.5 Å². The van der Waals surface area contributed by atoms with Gasteiger partial charge in [-0.2, -0.15) is 5.10 Å². The van der Waals surface area contributed by atoms with Gasteiger partial charge in [0.1, 0.15) is 0 Å². The predicted octanol–water partition coefficient (Wildman–Crippen LogP) is 1.99. The Hall–Kier alpha value is -1.85. The van der Waals surface area contributed by atoms with E-state index in [0.29, 0.717) is 10.7 Å². The average molecular weight is 293 g/mol. The van der Waals surface area contributed by atoms with Crippen molar-refractivity contribution in [1.82, 2.24) is 20.4 Å². The van der Waals surface area contributed by atoms with E-state index in [1.807, 2.05) is 25.1 Å². The second kappa shape index (κ2) is 6.54. The van der Waals surface area contributed by atoms with Gasteiger partial charge >= 0.3 is 0 Å². The van der Waals surface area contributed by atoms with Crippen LogP contribution in [0, 0.1) is 0 Å². The highest BCUT2D eigenvalue weighted by atomic mass is 35.5. The lowest BCUT2D eigenvalue weighted by Gasteiger charge is -2.07. The number of aromatic nitrogens is 2. The summed E-state index contributed by atoms with van der Waals surface area (Å²) in [5, 5.41) is 10.7. The molecule has 2 aromatic rings. The van der Waals surface area contributed by atoms with Gasteiger partial charge in [0.25, 0.3) is 5.91 Å². The number of rotatable bonds is 5. The molecule has 0 aliphatic rings. The molecule has 1 amide bonds. The Morgan fingerprint density at radius 2 is 2.20 bits per heavy atom. The number of halogens is 1. The second-order valence-corrected chi connectivity index (χ2v) is 4.69. The third-order valence-corrected chi connectivity index (χ3v) is 3.27. The molecule has 0 unspecified atom stereocenters. The van der Waals surface area contributed by atoms with E-state index in [4.69, 9.17) is 11.6 Å². The third kappa shape index (κ3) is 3.18. The topological polar surface area (TPSA) is 59.0 Å². The molecular weight excluding hydrogens is 276 g/mol. The maximum absolute atomic E-state index is 11.5. The Balaban J connectivity index is 2.23. The van der Waals surface area contributed by atoms with Gasteiger partial charge < -0.3 is 10.6 Å². The van der Waals surface area contributed by atoms with Gasteiger partial charge in [0.15, 0.2) is 5.69 Å². The molecule has 0 spiro atoms. The minimum absolute atomic E-state index is 0.210. The Morgan fingerprint density at radius 3 is 2.85 bits per heavy atom. The summed E-state index contributed by atoms with van der Waals surface area (Å²) in [6.07, 6.45) is 1.74. The summed E-state index contributed by atoms with van der Waals surface area (Å²) in [6.45, 7) is 3.68. The van der Waals surface area contributed by atoms with E-state index >= 15 is 0 Å². The van der Waals surface area contributed by atoms with Crippen LogP contribution < -0.4 is 10.6 Å². The number of nitrogens with zero attached hydrogens (tertiary/aromatic N) is 2. The lowest BCUT2D eigenvalue weighted by molar-refractivity contribution is 0.0957. The first-order valence-electron chi connectivity index (χ1n) is 6.43. The van der Waals surface area contributed by atoms with Crippen molar-refractivity contribution in [3.8, 4) is 5.69 Å². The quantitative estimate of drug-likeness (QED) is 0.886. The molecule has 1 heterocycles. The Bertz CT molecular complexity index is 609. The first-order valence-corrected chi connectivity index (χ1v) is 6.80. The summed E-state index contributed by atoms with van der Waals surface area (Å²) in [6, 6.07) is 7.40. The zero-order valence-corrected chi connectivity index (χ0v) is 12.2. The number of amides is 1. The minimum atomic E-state index is -0.210. The van der Waals surface area contributed by atoms with Crippen molar-refractivity contribution in [2.75, 3.05) is 13.6 Å². The molecule has 0 radical (unpaired) electrons. The van der Waals surface area contributed by atoms with E-state index in [9.17, 15) is 4.79 Å². The van der Waals surface area contributed by atoms with Crippen LogP contribution in [0.3, 0.4) is 0 Å². The van der Waals surface area contributed by atoms with Crippen molar-refractivity contribution in [1.29, 1.82) is 0 Å². The van der Waals surface area contributed by atoms with Gasteiger partial charge in [0.05, 0.1) is 5.69 Å². The van der Waals surface area contributed by atoms with Crippen LogP contribution in [0.2, 0.25) is 5.02 Å². The lowest BCUT2D eigenvalue weighted by Crippen LogP contribution is -2.18. The zero-order valence-electron chi connectivity index (χ0n) is 11.5. The van der Waals surface area contributed by atoms with E-state index in [0.717, 1.165) is 24.3 Å². The van der Waals surface area contributed by atoms with Gasteiger partial charge in [0, 0.05) is 24.8 Å². The molecular formula is C14H17ClN4O. The fourth-order valence-corrected chi connectivity index (χ4v) is 2.04. The van der Waals surface area contributed by atoms with E-state index in [1.165, 1.54) is 0 Å². The summed E-state index contributed by atoms with van der Waals surface area (Å²) in [5.74, 6) is -0.210. The molecule has 0 atom stereocenters. The molecule has 0 saturated carbocycles. The van der Waals surface area contributed by atoms with Crippen LogP contribution in [-0.4, -0.2) is 29.3 Å². The summed E-state index contributed by atoms with van der Waals surface area (Å²) >= 11 is 6.25. The first-order chi connectivity index (χ1) is 9.65. The third-order valence-electron chi connectivity index (χ3n) is 2.92. The molecule has 1 aromatic carbocycles. The SMILES string of the molecule is CCNCc1ccc(-n2ccc(C(=O)NC)n2)cc1Cl. The molecule has 1 aromatic heterocycles. The molecule has 6 heteroatoms. The maximum Gasteiger partial charge on any atom is 0.271 e. The molecule has 0 bridgehead atoms. The molecule has 2 N–H and O–H groups in total. The first kappa shape index (κ1) is 14.6. The molecule has 20 heavy (non-hydrogen) atoms. The predicted molar refractivity (Wildman–Crippen MR) is 79.3 cm³/mol. The monoisotopic (exact) mass is 292 g/mol. The number of hydrogen-bond donors (Lipinski definition) is 2. The van der Waals surface area contributed by atoms with E-state index in [1.54, 1.807) is 24.0 Å². The van der Waals surface area contributed by atoms with Crippen LogP contribution in [0.5, 0.6) is 0 Å². The van der Waals surface area contributed by atoms with Crippen LogP contribution in [0.1, 0.15) is 23.0 Å². The fraction of sp³-hybridized carbons (Fsp3) is 0.286. The molecule has 2 rings (SSSR count). The maximum atomic E-state index is 11.5.